The summed E-state index contributed by atoms with van der Waals surface area (Å²) in [6.07, 6.45) is 2.55. The molecule has 0 fully saturated rings. The summed E-state index contributed by atoms with van der Waals surface area (Å²) in [5.74, 6) is -0.857. The number of hydrogen-bond acceptors (Lipinski definition) is 3. The third-order valence-corrected chi connectivity index (χ3v) is 4.55. The van der Waals surface area contributed by atoms with Gasteiger partial charge in [-0.15, -0.1) is 11.3 Å². The lowest BCUT2D eigenvalue weighted by atomic mass is 10.0. The Kier molecular flexibility index (Phi) is 3.24. The van der Waals surface area contributed by atoms with E-state index >= 15 is 0 Å². The molecule has 1 aromatic carbocycles. The zero-order valence-corrected chi connectivity index (χ0v) is 11.8. The third-order valence-electron chi connectivity index (χ3n) is 3.32. The van der Waals surface area contributed by atoms with Crippen molar-refractivity contribution in [1.29, 1.82) is 0 Å². The van der Waals surface area contributed by atoms with Gasteiger partial charge in [0.2, 0.25) is 0 Å². The third kappa shape index (κ3) is 2.30. The summed E-state index contributed by atoms with van der Waals surface area (Å²) in [5, 5.41) is 10.2. The van der Waals surface area contributed by atoms with Gasteiger partial charge >= 0.3 is 5.97 Å². The molecule has 0 aliphatic heterocycles. The van der Waals surface area contributed by atoms with Crippen LogP contribution in [0, 0.1) is 6.92 Å². The fraction of sp³-hybridized carbons (Fsp3) is 0.125. The molecular weight excluding hydrogens is 270 g/mol. The van der Waals surface area contributed by atoms with Crippen LogP contribution >= 0.6 is 11.3 Å². The van der Waals surface area contributed by atoms with Crippen molar-refractivity contribution in [3.63, 3.8) is 0 Å². The molecule has 0 radical (unpaired) electrons. The summed E-state index contributed by atoms with van der Waals surface area (Å²) >= 11 is 1.35. The van der Waals surface area contributed by atoms with E-state index in [-0.39, 0.29) is 0 Å². The van der Waals surface area contributed by atoms with Gasteiger partial charge in [0.15, 0.2) is 0 Å². The number of fused-ring (bicyclic) bond motifs is 1. The number of pyridine rings is 1. The maximum Gasteiger partial charge on any atom is 0.345 e. The average Bonchev–Trinajstić information content (AvgIpc) is 2.81. The molecule has 0 atom stereocenters. The molecule has 0 aliphatic carbocycles. The maximum absolute atomic E-state index is 11.0. The first-order valence-electron chi connectivity index (χ1n) is 6.30. The molecule has 3 rings (SSSR count). The first-order chi connectivity index (χ1) is 9.65. The van der Waals surface area contributed by atoms with E-state index in [4.69, 9.17) is 5.11 Å². The zero-order chi connectivity index (χ0) is 14.1. The molecule has 2 aromatic heterocycles. The molecule has 0 bridgehead atoms. The number of nitrogens with zero attached hydrogens (tertiary/aromatic N) is 1. The Balaban J connectivity index is 2.03. The van der Waals surface area contributed by atoms with Crippen LogP contribution in [-0.2, 0) is 6.42 Å². The number of hydrogen-bond donors (Lipinski definition) is 1. The van der Waals surface area contributed by atoms with E-state index in [2.05, 4.69) is 11.1 Å². The van der Waals surface area contributed by atoms with Crippen LogP contribution in [-0.4, -0.2) is 16.1 Å². The molecule has 0 unspecified atom stereocenters. The molecule has 20 heavy (non-hydrogen) atoms. The minimum absolute atomic E-state index is 0.399. The van der Waals surface area contributed by atoms with Crippen molar-refractivity contribution in [2.24, 2.45) is 0 Å². The van der Waals surface area contributed by atoms with Gasteiger partial charge in [-0.1, -0.05) is 18.2 Å². The Morgan fingerprint density at radius 3 is 2.85 bits per heavy atom. The van der Waals surface area contributed by atoms with Crippen molar-refractivity contribution in [3.05, 3.63) is 63.5 Å². The maximum atomic E-state index is 11.0. The van der Waals surface area contributed by atoms with Crippen LogP contribution in [0.4, 0.5) is 0 Å². The van der Waals surface area contributed by atoms with Crippen LogP contribution < -0.4 is 0 Å². The van der Waals surface area contributed by atoms with E-state index in [9.17, 15) is 4.79 Å². The monoisotopic (exact) mass is 283 g/mol. The molecule has 0 spiro atoms. The first-order valence-corrected chi connectivity index (χ1v) is 7.12. The molecule has 0 saturated carbocycles. The lowest BCUT2D eigenvalue weighted by Crippen LogP contribution is -1.90. The van der Waals surface area contributed by atoms with Crippen molar-refractivity contribution in [2.75, 3.05) is 0 Å². The molecule has 0 saturated heterocycles. The van der Waals surface area contributed by atoms with Crippen molar-refractivity contribution in [3.8, 4) is 0 Å². The standard InChI is InChI=1S/C16H13NO2S/c1-10-8-15(16(18)19)20-14(10)9-11-6-7-17-13-5-3-2-4-12(11)13/h2-8H,9H2,1H3,(H,18,19). The molecule has 3 nitrogen and oxygen atoms in total. The molecule has 4 heteroatoms. The number of thiophene rings is 1. The predicted molar refractivity (Wildman–Crippen MR) is 80.6 cm³/mol. The number of carbonyl (C=O) groups is 1. The van der Waals surface area contributed by atoms with Crippen LogP contribution in [0.1, 0.15) is 25.7 Å². The van der Waals surface area contributed by atoms with Gasteiger partial charge in [0, 0.05) is 22.9 Å². The molecule has 0 aliphatic rings. The van der Waals surface area contributed by atoms with E-state index in [1.807, 2.05) is 31.2 Å². The van der Waals surface area contributed by atoms with Crippen molar-refractivity contribution in [2.45, 2.75) is 13.3 Å². The number of benzene rings is 1. The predicted octanol–water partition coefficient (Wildman–Crippen LogP) is 3.89. The number of carboxylic acids is 1. The van der Waals surface area contributed by atoms with E-state index in [1.54, 1.807) is 12.3 Å². The minimum Gasteiger partial charge on any atom is -0.477 e. The SMILES string of the molecule is Cc1cc(C(=O)O)sc1Cc1ccnc2ccccc12. The highest BCUT2D eigenvalue weighted by atomic mass is 32.1. The first kappa shape index (κ1) is 12.8. The highest BCUT2D eigenvalue weighted by molar-refractivity contribution is 7.14. The number of rotatable bonds is 3. The summed E-state index contributed by atoms with van der Waals surface area (Å²) in [4.78, 5) is 16.9. The zero-order valence-electron chi connectivity index (χ0n) is 11.0. The van der Waals surface area contributed by atoms with E-state index < -0.39 is 5.97 Å². The van der Waals surface area contributed by atoms with E-state index in [0.717, 1.165) is 27.8 Å². The molecule has 1 N–H and O–H groups in total. The van der Waals surface area contributed by atoms with Gasteiger partial charge in [0.25, 0.3) is 0 Å². The number of aryl methyl sites for hydroxylation is 1. The summed E-state index contributed by atoms with van der Waals surface area (Å²) in [5.41, 5.74) is 3.18. The van der Waals surface area contributed by atoms with Gasteiger partial charge in [-0.2, -0.15) is 0 Å². The minimum atomic E-state index is -0.857. The Morgan fingerprint density at radius 2 is 2.10 bits per heavy atom. The van der Waals surface area contributed by atoms with Gasteiger partial charge in [-0.3, -0.25) is 4.98 Å². The van der Waals surface area contributed by atoms with Gasteiger partial charge in [-0.25, -0.2) is 4.79 Å². The van der Waals surface area contributed by atoms with Crippen LogP contribution in [0.25, 0.3) is 10.9 Å². The average molecular weight is 283 g/mol. The molecule has 2 heterocycles. The fourth-order valence-electron chi connectivity index (χ4n) is 2.28. The Labute approximate surface area is 120 Å². The van der Waals surface area contributed by atoms with Crippen LogP contribution in [0.3, 0.4) is 0 Å². The normalized spacial score (nSPS) is 10.8. The summed E-state index contributed by atoms with van der Waals surface area (Å²) in [7, 11) is 0. The summed E-state index contributed by atoms with van der Waals surface area (Å²) < 4.78 is 0. The van der Waals surface area contributed by atoms with Crippen LogP contribution in [0.2, 0.25) is 0 Å². The van der Waals surface area contributed by atoms with Crippen molar-refractivity contribution >= 4 is 28.2 Å². The molecule has 0 amide bonds. The topological polar surface area (TPSA) is 50.2 Å². The van der Waals surface area contributed by atoms with Crippen LogP contribution in [0.5, 0.6) is 0 Å². The highest BCUT2D eigenvalue weighted by Gasteiger charge is 2.12. The van der Waals surface area contributed by atoms with Gasteiger partial charge < -0.3 is 5.11 Å². The summed E-state index contributed by atoms with van der Waals surface area (Å²) in [6.45, 7) is 1.96. The largest absolute Gasteiger partial charge is 0.477 e. The fourth-order valence-corrected chi connectivity index (χ4v) is 3.32. The second kappa shape index (κ2) is 5.06. The van der Waals surface area contributed by atoms with E-state index in [1.165, 1.54) is 16.9 Å². The molecule has 3 aromatic rings. The second-order valence-electron chi connectivity index (χ2n) is 4.69. The van der Waals surface area contributed by atoms with Gasteiger partial charge in [-0.05, 0) is 36.2 Å². The number of aromatic carboxylic acids is 1. The van der Waals surface area contributed by atoms with Crippen molar-refractivity contribution < 1.29 is 9.90 Å². The number of aromatic nitrogens is 1. The van der Waals surface area contributed by atoms with E-state index in [0.29, 0.717) is 4.88 Å². The molecule has 100 valence electrons. The number of carboxylic acid groups (broad SMARTS) is 1. The smallest absolute Gasteiger partial charge is 0.345 e. The second-order valence-corrected chi connectivity index (χ2v) is 5.82. The quantitative estimate of drug-likeness (QED) is 0.793. The Morgan fingerprint density at radius 1 is 1.30 bits per heavy atom. The Hall–Kier alpha value is -2.20. The van der Waals surface area contributed by atoms with Crippen molar-refractivity contribution in [1.82, 2.24) is 4.98 Å². The highest BCUT2D eigenvalue weighted by Crippen LogP contribution is 2.27. The van der Waals surface area contributed by atoms with Gasteiger partial charge in [0.05, 0.1) is 5.52 Å². The lowest BCUT2D eigenvalue weighted by Gasteiger charge is -2.05. The molecular formula is C16H13NO2S. The number of para-hydroxylation sites is 1. The van der Waals surface area contributed by atoms with Crippen LogP contribution in [0.15, 0.2) is 42.6 Å². The summed E-state index contributed by atoms with van der Waals surface area (Å²) in [6, 6.07) is 11.8. The lowest BCUT2D eigenvalue weighted by molar-refractivity contribution is 0.0702. The Bertz CT molecular complexity index is 787. The van der Waals surface area contributed by atoms with Gasteiger partial charge in [0.1, 0.15) is 4.88 Å².